The Morgan fingerprint density at radius 1 is 1.37 bits per heavy atom. The maximum absolute atomic E-state index is 13.0. The van der Waals surface area contributed by atoms with Crippen LogP contribution in [0.15, 0.2) is 32.3 Å². The van der Waals surface area contributed by atoms with Gasteiger partial charge in [-0.2, -0.15) is 0 Å². The molecule has 0 spiro atoms. The fourth-order valence-corrected chi connectivity index (χ4v) is 4.64. The van der Waals surface area contributed by atoms with Gasteiger partial charge in [-0.3, -0.25) is 4.72 Å². The molecule has 4 nitrogen and oxygen atoms in total. The number of aryl methyl sites for hydroxylation is 1. The first-order valence-corrected chi connectivity index (χ1v) is 8.16. The second-order valence-electron chi connectivity index (χ2n) is 3.79. The van der Waals surface area contributed by atoms with Crippen LogP contribution in [0, 0.1) is 12.7 Å². The van der Waals surface area contributed by atoms with E-state index in [9.17, 15) is 17.9 Å². The molecule has 0 radical (unpaired) electrons. The molecule has 102 valence electrons. The number of hydrogen-bond donors (Lipinski definition) is 2. The van der Waals surface area contributed by atoms with Gasteiger partial charge in [-0.25, -0.2) is 12.8 Å². The molecule has 2 rings (SSSR count). The molecule has 0 aliphatic heterocycles. The zero-order chi connectivity index (χ0) is 14.2. The van der Waals surface area contributed by atoms with Gasteiger partial charge in [0.15, 0.2) is 0 Å². The lowest BCUT2D eigenvalue weighted by molar-refractivity contribution is 0.475. The van der Waals surface area contributed by atoms with Gasteiger partial charge in [0.05, 0.1) is 9.47 Å². The molecule has 19 heavy (non-hydrogen) atoms. The largest absolute Gasteiger partial charge is 0.506 e. The van der Waals surface area contributed by atoms with Gasteiger partial charge in [0.25, 0.3) is 10.0 Å². The van der Waals surface area contributed by atoms with E-state index in [2.05, 4.69) is 20.7 Å². The number of thiophene rings is 1. The number of aromatic hydroxyl groups is 1. The minimum atomic E-state index is -3.84. The van der Waals surface area contributed by atoms with Crippen LogP contribution in [0.3, 0.4) is 0 Å². The summed E-state index contributed by atoms with van der Waals surface area (Å²) in [6.07, 6.45) is 0. The van der Waals surface area contributed by atoms with Crippen molar-refractivity contribution in [2.24, 2.45) is 0 Å². The van der Waals surface area contributed by atoms with Gasteiger partial charge in [0.1, 0.15) is 15.8 Å². The Morgan fingerprint density at radius 3 is 2.63 bits per heavy atom. The number of halogens is 2. The van der Waals surface area contributed by atoms with Crippen molar-refractivity contribution in [1.82, 2.24) is 0 Å². The maximum atomic E-state index is 13.0. The normalized spacial score (nSPS) is 11.5. The summed E-state index contributed by atoms with van der Waals surface area (Å²) < 4.78 is 40.1. The first-order chi connectivity index (χ1) is 8.79. The Morgan fingerprint density at radius 2 is 2.05 bits per heavy atom. The van der Waals surface area contributed by atoms with E-state index in [0.29, 0.717) is 3.79 Å². The fraction of sp³-hybridized carbons (Fsp3) is 0.0909. The van der Waals surface area contributed by atoms with E-state index in [0.717, 1.165) is 35.1 Å². The Kier molecular flexibility index (Phi) is 3.84. The lowest BCUT2D eigenvalue weighted by Crippen LogP contribution is -2.11. The molecule has 0 atom stereocenters. The maximum Gasteiger partial charge on any atom is 0.271 e. The number of rotatable bonds is 3. The highest BCUT2D eigenvalue weighted by Crippen LogP contribution is 2.33. The van der Waals surface area contributed by atoms with Crippen LogP contribution in [-0.4, -0.2) is 13.5 Å². The molecule has 2 aromatic rings. The number of anilines is 1. The van der Waals surface area contributed by atoms with Crippen LogP contribution in [-0.2, 0) is 10.0 Å². The van der Waals surface area contributed by atoms with E-state index < -0.39 is 15.8 Å². The number of nitrogens with one attached hydrogen (secondary N) is 1. The van der Waals surface area contributed by atoms with Crippen LogP contribution < -0.4 is 4.72 Å². The quantitative estimate of drug-likeness (QED) is 0.818. The molecule has 0 aliphatic rings. The highest BCUT2D eigenvalue weighted by Gasteiger charge is 2.20. The molecule has 2 N–H and O–H groups in total. The van der Waals surface area contributed by atoms with Gasteiger partial charge in [0, 0.05) is 6.07 Å². The summed E-state index contributed by atoms with van der Waals surface area (Å²) in [4.78, 5) is 0. The van der Waals surface area contributed by atoms with E-state index in [1.54, 1.807) is 6.92 Å². The zero-order valence-electron chi connectivity index (χ0n) is 9.65. The monoisotopic (exact) mass is 365 g/mol. The van der Waals surface area contributed by atoms with Crippen molar-refractivity contribution in [3.63, 3.8) is 0 Å². The van der Waals surface area contributed by atoms with Crippen LogP contribution in [0.5, 0.6) is 5.75 Å². The molecule has 1 heterocycles. The minimum absolute atomic E-state index is 0.0838. The van der Waals surface area contributed by atoms with Crippen molar-refractivity contribution in [3.05, 3.63) is 39.4 Å². The third kappa shape index (κ3) is 3.07. The molecule has 0 amide bonds. The zero-order valence-corrected chi connectivity index (χ0v) is 12.9. The van der Waals surface area contributed by atoms with E-state index >= 15 is 0 Å². The molecule has 0 aliphatic carbocycles. The Balaban J connectivity index is 2.39. The van der Waals surface area contributed by atoms with Gasteiger partial charge >= 0.3 is 0 Å². The average Bonchev–Trinajstić information content (AvgIpc) is 2.65. The average molecular weight is 366 g/mol. The van der Waals surface area contributed by atoms with Crippen molar-refractivity contribution in [1.29, 1.82) is 0 Å². The third-order valence-electron chi connectivity index (χ3n) is 2.30. The SMILES string of the molecule is Cc1cc(S(=O)(=O)Nc2cc(F)ccc2O)sc1Br. The highest BCUT2D eigenvalue weighted by atomic mass is 79.9. The topological polar surface area (TPSA) is 66.4 Å². The molecule has 0 saturated carbocycles. The van der Waals surface area contributed by atoms with Gasteiger partial charge in [0.2, 0.25) is 0 Å². The summed E-state index contributed by atoms with van der Waals surface area (Å²) in [6, 6.07) is 4.54. The fourth-order valence-electron chi connectivity index (χ4n) is 1.35. The van der Waals surface area contributed by atoms with Crippen molar-refractivity contribution in [2.75, 3.05) is 4.72 Å². The number of phenols is 1. The number of sulfonamides is 1. The van der Waals surface area contributed by atoms with Crippen LogP contribution >= 0.6 is 27.3 Å². The molecule has 1 aromatic heterocycles. The van der Waals surface area contributed by atoms with Crippen molar-refractivity contribution in [3.8, 4) is 5.75 Å². The molecule has 0 fully saturated rings. The predicted octanol–water partition coefficient (Wildman–Crippen LogP) is 3.46. The summed E-state index contributed by atoms with van der Waals surface area (Å²) in [5, 5.41) is 9.51. The molecule has 0 saturated heterocycles. The molecule has 0 unspecified atom stereocenters. The second-order valence-corrected chi connectivity index (χ2v) is 8.07. The lowest BCUT2D eigenvalue weighted by atomic mass is 10.3. The molecular weight excluding hydrogens is 357 g/mol. The first kappa shape index (κ1) is 14.3. The summed E-state index contributed by atoms with van der Waals surface area (Å²) in [6.45, 7) is 1.76. The van der Waals surface area contributed by atoms with Crippen LogP contribution in [0.2, 0.25) is 0 Å². The summed E-state index contributed by atoms with van der Waals surface area (Å²) in [7, 11) is -3.84. The Labute approximate surface area is 122 Å². The summed E-state index contributed by atoms with van der Waals surface area (Å²) >= 11 is 4.28. The van der Waals surface area contributed by atoms with E-state index in [-0.39, 0.29) is 15.6 Å². The molecular formula is C11H9BrFNO3S2. The number of benzene rings is 1. The van der Waals surface area contributed by atoms with E-state index in [1.165, 1.54) is 6.07 Å². The third-order valence-corrected chi connectivity index (χ3v) is 6.28. The minimum Gasteiger partial charge on any atom is -0.506 e. The predicted molar refractivity (Wildman–Crippen MR) is 75.6 cm³/mol. The smallest absolute Gasteiger partial charge is 0.271 e. The van der Waals surface area contributed by atoms with Crippen molar-refractivity contribution < 1.29 is 17.9 Å². The van der Waals surface area contributed by atoms with Crippen LogP contribution in [0.25, 0.3) is 0 Å². The van der Waals surface area contributed by atoms with E-state index in [4.69, 9.17) is 0 Å². The van der Waals surface area contributed by atoms with Crippen molar-refractivity contribution >= 4 is 43.0 Å². The van der Waals surface area contributed by atoms with Gasteiger partial charge < -0.3 is 5.11 Å². The van der Waals surface area contributed by atoms with Crippen LogP contribution in [0.4, 0.5) is 10.1 Å². The second kappa shape index (κ2) is 5.10. The summed E-state index contributed by atoms with van der Waals surface area (Å²) in [5.41, 5.74) is 0.594. The van der Waals surface area contributed by atoms with Gasteiger partial charge in [-0.15, -0.1) is 11.3 Å². The molecule has 0 bridgehead atoms. The van der Waals surface area contributed by atoms with Gasteiger partial charge in [-0.05, 0) is 46.6 Å². The van der Waals surface area contributed by atoms with Crippen molar-refractivity contribution in [2.45, 2.75) is 11.1 Å². The Bertz CT molecular complexity index is 708. The lowest BCUT2D eigenvalue weighted by Gasteiger charge is -2.07. The number of phenolic OH excluding ortho intramolecular Hbond substituents is 1. The summed E-state index contributed by atoms with van der Waals surface area (Å²) in [5.74, 6) is -0.976. The van der Waals surface area contributed by atoms with Gasteiger partial charge in [-0.1, -0.05) is 0 Å². The molecule has 1 aromatic carbocycles. The standard InChI is InChI=1S/C11H9BrFNO3S2/c1-6-4-10(18-11(6)12)19(16,17)14-8-5-7(13)2-3-9(8)15/h2-5,14-15H,1H3. The number of hydrogen-bond acceptors (Lipinski definition) is 4. The first-order valence-electron chi connectivity index (χ1n) is 5.07. The van der Waals surface area contributed by atoms with Crippen LogP contribution in [0.1, 0.15) is 5.56 Å². The molecule has 8 heteroatoms. The highest BCUT2D eigenvalue weighted by molar-refractivity contribution is 9.11. The Hall–Kier alpha value is -1.12. The van der Waals surface area contributed by atoms with E-state index in [1.807, 2.05) is 0 Å².